The molecule has 0 radical (unpaired) electrons. The van der Waals surface area contributed by atoms with Crippen molar-refractivity contribution >= 4 is 11.4 Å². The normalized spacial score (nSPS) is 11.5. The molecule has 0 N–H and O–H groups in total. The van der Waals surface area contributed by atoms with Crippen LogP contribution in [-0.4, -0.2) is 10.7 Å². The first-order chi connectivity index (χ1) is 7.77. The highest BCUT2D eigenvalue weighted by Gasteiger charge is 2.00. The Morgan fingerprint density at radius 2 is 2.00 bits per heavy atom. The molecule has 1 aromatic heterocycles. The predicted molar refractivity (Wildman–Crippen MR) is 62.5 cm³/mol. The summed E-state index contributed by atoms with van der Waals surface area (Å²) >= 11 is 0. The quantitative estimate of drug-likeness (QED) is 0.703. The fourth-order valence-electron chi connectivity index (χ4n) is 1.36. The van der Waals surface area contributed by atoms with Gasteiger partial charge in [-0.3, -0.25) is 9.98 Å². The molecule has 2 aromatic rings. The summed E-state index contributed by atoms with van der Waals surface area (Å²) in [6, 6.07) is 10.2. The molecular weight excluding hydrogens is 203 g/mol. The number of halogens is 1. The second-order valence-corrected chi connectivity index (χ2v) is 3.39. The summed E-state index contributed by atoms with van der Waals surface area (Å²) in [6.07, 6.45) is 3.40. The monoisotopic (exact) mass is 214 g/mol. The molecule has 0 aliphatic heterocycles. The van der Waals surface area contributed by atoms with Gasteiger partial charge >= 0.3 is 0 Å². The van der Waals surface area contributed by atoms with Crippen molar-refractivity contribution in [1.29, 1.82) is 0 Å². The van der Waals surface area contributed by atoms with E-state index < -0.39 is 0 Å². The van der Waals surface area contributed by atoms with Gasteiger partial charge in [0.1, 0.15) is 5.82 Å². The Balaban J connectivity index is 2.36. The SMILES string of the molecule is CC(=Nc1ccccc1F)c1cccnc1. The van der Waals surface area contributed by atoms with Gasteiger partial charge in [0.2, 0.25) is 0 Å². The van der Waals surface area contributed by atoms with Crippen LogP contribution >= 0.6 is 0 Å². The molecule has 0 aliphatic rings. The van der Waals surface area contributed by atoms with Crippen LogP contribution in [0.3, 0.4) is 0 Å². The Hall–Kier alpha value is -2.03. The number of rotatable bonds is 2. The average Bonchev–Trinajstić information content (AvgIpc) is 2.33. The largest absolute Gasteiger partial charge is 0.264 e. The topological polar surface area (TPSA) is 25.2 Å². The van der Waals surface area contributed by atoms with Crippen LogP contribution in [0.25, 0.3) is 0 Å². The fourth-order valence-corrected chi connectivity index (χ4v) is 1.36. The van der Waals surface area contributed by atoms with E-state index in [1.54, 1.807) is 30.6 Å². The Kier molecular flexibility index (Phi) is 3.05. The highest BCUT2D eigenvalue weighted by molar-refractivity contribution is 5.99. The van der Waals surface area contributed by atoms with Crippen molar-refractivity contribution in [2.75, 3.05) is 0 Å². The molecule has 3 heteroatoms. The molecule has 0 bridgehead atoms. The van der Waals surface area contributed by atoms with Gasteiger partial charge in [-0.15, -0.1) is 0 Å². The van der Waals surface area contributed by atoms with Crippen LogP contribution in [0.1, 0.15) is 12.5 Å². The van der Waals surface area contributed by atoms with Crippen LogP contribution in [0.5, 0.6) is 0 Å². The molecule has 2 nitrogen and oxygen atoms in total. The van der Waals surface area contributed by atoms with Crippen molar-refractivity contribution in [1.82, 2.24) is 4.98 Å². The van der Waals surface area contributed by atoms with Crippen LogP contribution in [0.2, 0.25) is 0 Å². The van der Waals surface area contributed by atoms with Crippen LogP contribution < -0.4 is 0 Å². The lowest BCUT2D eigenvalue weighted by atomic mass is 10.2. The summed E-state index contributed by atoms with van der Waals surface area (Å²) in [7, 11) is 0. The Labute approximate surface area is 93.5 Å². The van der Waals surface area contributed by atoms with Gasteiger partial charge < -0.3 is 0 Å². The summed E-state index contributed by atoms with van der Waals surface area (Å²) < 4.78 is 13.3. The summed E-state index contributed by atoms with van der Waals surface area (Å²) in [6.45, 7) is 1.84. The number of nitrogens with zero attached hydrogens (tertiary/aromatic N) is 2. The van der Waals surface area contributed by atoms with Gasteiger partial charge in [0, 0.05) is 23.7 Å². The first-order valence-electron chi connectivity index (χ1n) is 4.97. The molecule has 1 aromatic carbocycles. The van der Waals surface area contributed by atoms with Crippen molar-refractivity contribution in [2.45, 2.75) is 6.92 Å². The van der Waals surface area contributed by atoms with Gasteiger partial charge in [-0.25, -0.2) is 4.39 Å². The third-order valence-corrected chi connectivity index (χ3v) is 2.22. The Morgan fingerprint density at radius 3 is 2.69 bits per heavy atom. The van der Waals surface area contributed by atoms with Crippen molar-refractivity contribution in [2.24, 2.45) is 4.99 Å². The number of aromatic nitrogens is 1. The van der Waals surface area contributed by atoms with Crippen LogP contribution in [0.4, 0.5) is 10.1 Å². The zero-order valence-corrected chi connectivity index (χ0v) is 8.89. The zero-order chi connectivity index (χ0) is 11.4. The lowest BCUT2D eigenvalue weighted by molar-refractivity contribution is 0.630. The van der Waals surface area contributed by atoms with E-state index in [0.29, 0.717) is 5.69 Å². The molecule has 0 unspecified atom stereocenters. The molecule has 0 saturated heterocycles. The minimum absolute atomic E-state index is 0.314. The third kappa shape index (κ3) is 2.31. The molecule has 0 aliphatic carbocycles. The van der Waals surface area contributed by atoms with Gasteiger partial charge in [0.05, 0.1) is 5.69 Å². The van der Waals surface area contributed by atoms with E-state index in [4.69, 9.17) is 0 Å². The number of benzene rings is 1. The number of hydrogen-bond donors (Lipinski definition) is 0. The minimum Gasteiger partial charge on any atom is -0.264 e. The zero-order valence-electron chi connectivity index (χ0n) is 8.89. The molecule has 0 fully saturated rings. The second kappa shape index (κ2) is 4.66. The summed E-state index contributed by atoms with van der Waals surface area (Å²) in [4.78, 5) is 8.23. The summed E-state index contributed by atoms with van der Waals surface area (Å²) in [5.41, 5.74) is 1.99. The lowest BCUT2D eigenvalue weighted by Gasteiger charge is -2.01. The number of hydrogen-bond acceptors (Lipinski definition) is 2. The van der Waals surface area contributed by atoms with Crippen molar-refractivity contribution in [3.8, 4) is 0 Å². The molecule has 2 rings (SSSR count). The van der Waals surface area contributed by atoms with Crippen molar-refractivity contribution < 1.29 is 4.39 Å². The van der Waals surface area contributed by atoms with Gasteiger partial charge in [-0.05, 0) is 25.1 Å². The Morgan fingerprint density at radius 1 is 1.19 bits per heavy atom. The van der Waals surface area contributed by atoms with Crippen molar-refractivity contribution in [3.05, 3.63) is 60.2 Å². The highest BCUT2D eigenvalue weighted by atomic mass is 19.1. The molecule has 0 amide bonds. The summed E-state index contributed by atoms with van der Waals surface area (Å²) in [5, 5.41) is 0. The van der Waals surface area contributed by atoms with E-state index in [-0.39, 0.29) is 5.82 Å². The average molecular weight is 214 g/mol. The maximum absolute atomic E-state index is 13.3. The van der Waals surface area contributed by atoms with Gasteiger partial charge in [-0.1, -0.05) is 18.2 Å². The molecule has 80 valence electrons. The first kappa shape index (κ1) is 10.5. The van der Waals surface area contributed by atoms with E-state index >= 15 is 0 Å². The third-order valence-electron chi connectivity index (χ3n) is 2.22. The predicted octanol–water partition coefficient (Wildman–Crippen LogP) is 3.36. The van der Waals surface area contributed by atoms with Gasteiger partial charge in [-0.2, -0.15) is 0 Å². The molecular formula is C13H11FN2. The number of pyridine rings is 1. The molecule has 0 spiro atoms. The maximum Gasteiger partial charge on any atom is 0.148 e. The fraction of sp³-hybridized carbons (Fsp3) is 0.0769. The highest BCUT2D eigenvalue weighted by Crippen LogP contribution is 2.17. The van der Waals surface area contributed by atoms with Gasteiger partial charge in [0.15, 0.2) is 0 Å². The van der Waals surface area contributed by atoms with Crippen molar-refractivity contribution in [3.63, 3.8) is 0 Å². The maximum atomic E-state index is 13.3. The first-order valence-corrected chi connectivity index (χ1v) is 4.97. The molecule has 16 heavy (non-hydrogen) atoms. The number of para-hydroxylation sites is 1. The minimum atomic E-state index is -0.314. The molecule has 0 atom stereocenters. The summed E-state index contributed by atoms with van der Waals surface area (Å²) in [5.74, 6) is -0.314. The number of aliphatic imine (C=N–C) groups is 1. The van der Waals surface area contributed by atoms with E-state index in [1.807, 2.05) is 19.1 Å². The molecule has 0 saturated carbocycles. The smallest absolute Gasteiger partial charge is 0.148 e. The van der Waals surface area contributed by atoms with Crippen LogP contribution in [0, 0.1) is 5.82 Å². The van der Waals surface area contributed by atoms with Crippen LogP contribution in [0.15, 0.2) is 53.8 Å². The standard InChI is InChI=1S/C13H11FN2/c1-10(11-5-4-8-15-9-11)16-13-7-3-2-6-12(13)14/h2-9H,1H3. The molecule has 1 heterocycles. The van der Waals surface area contributed by atoms with Gasteiger partial charge in [0.25, 0.3) is 0 Å². The van der Waals surface area contributed by atoms with E-state index in [0.717, 1.165) is 11.3 Å². The van der Waals surface area contributed by atoms with E-state index in [9.17, 15) is 4.39 Å². The second-order valence-electron chi connectivity index (χ2n) is 3.39. The van der Waals surface area contributed by atoms with E-state index in [2.05, 4.69) is 9.98 Å². The Bertz CT molecular complexity index is 506. The lowest BCUT2D eigenvalue weighted by Crippen LogP contribution is -1.94. The van der Waals surface area contributed by atoms with Crippen LogP contribution in [-0.2, 0) is 0 Å². The van der Waals surface area contributed by atoms with E-state index in [1.165, 1.54) is 6.07 Å².